The molecule has 29 heavy (non-hydrogen) atoms. The summed E-state index contributed by atoms with van der Waals surface area (Å²) in [5.41, 5.74) is 1.29. The standard InChI is InChI=1S/C23H37N5O/c1-3-24-23(26-17-21-11-8-13-27(21)4-2)25-16-20-15-22(29)28(18-20)14-12-19-9-6-5-7-10-19/h5-7,9-10,20-21H,3-4,8,11-18H2,1-2H3,(H2,24,25,26). The quantitative estimate of drug-likeness (QED) is 0.493. The smallest absolute Gasteiger partial charge is 0.223 e. The van der Waals surface area contributed by atoms with Gasteiger partial charge in [-0.2, -0.15) is 0 Å². The number of rotatable bonds is 9. The minimum absolute atomic E-state index is 0.267. The number of likely N-dealkylation sites (N-methyl/N-ethyl adjacent to an activating group) is 1. The number of benzene rings is 1. The van der Waals surface area contributed by atoms with Crippen molar-refractivity contribution in [1.82, 2.24) is 20.4 Å². The van der Waals surface area contributed by atoms with Crippen molar-refractivity contribution in [3.63, 3.8) is 0 Å². The summed E-state index contributed by atoms with van der Waals surface area (Å²) in [5, 5.41) is 6.87. The van der Waals surface area contributed by atoms with E-state index in [9.17, 15) is 4.79 Å². The first-order valence-corrected chi connectivity index (χ1v) is 11.3. The fraction of sp³-hybridized carbons (Fsp3) is 0.652. The topological polar surface area (TPSA) is 60.0 Å². The number of hydrogen-bond donors (Lipinski definition) is 2. The second-order valence-corrected chi connectivity index (χ2v) is 8.17. The van der Waals surface area contributed by atoms with Gasteiger partial charge in [0.15, 0.2) is 5.96 Å². The normalized spacial score (nSPS) is 23.0. The molecule has 2 heterocycles. The number of nitrogens with one attached hydrogen (secondary N) is 2. The Morgan fingerprint density at radius 3 is 2.79 bits per heavy atom. The van der Waals surface area contributed by atoms with Crippen molar-refractivity contribution >= 4 is 11.9 Å². The van der Waals surface area contributed by atoms with Crippen LogP contribution in [0.2, 0.25) is 0 Å². The number of amides is 1. The van der Waals surface area contributed by atoms with Crippen molar-refractivity contribution in [3.05, 3.63) is 35.9 Å². The van der Waals surface area contributed by atoms with Gasteiger partial charge in [-0.3, -0.25) is 14.7 Å². The molecular weight excluding hydrogens is 362 g/mol. The van der Waals surface area contributed by atoms with Crippen LogP contribution in [0.25, 0.3) is 0 Å². The number of carbonyl (C=O) groups excluding carboxylic acids is 1. The average Bonchev–Trinajstić information content (AvgIpc) is 3.35. The third-order valence-electron chi connectivity index (χ3n) is 6.07. The van der Waals surface area contributed by atoms with E-state index in [0.717, 1.165) is 45.1 Å². The maximum Gasteiger partial charge on any atom is 0.223 e. The molecule has 2 aliphatic rings. The zero-order valence-electron chi connectivity index (χ0n) is 18.1. The first kappa shape index (κ1) is 21.6. The second-order valence-electron chi connectivity index (χ2n) is 8.17. The molecule has 2 aliphatic heterocycles. The van der Waals surface area contributed by atoms with Crippen LogP contribution in [0.3, 0.4) is 0 Å². The zero-order valence-corrected chi connectivity index (χ0v) is 18.1. The minimum atomic E-state index is 0.267. The van der Waals surface area contributed by atoms with Gasteiger partial charge in [0.2, 0.25) is 5.91 Å². The van der Waals surface area contributed by atoms with Crippen molar-refractivity contribution < 1.29 is 4.79 Å². The molecule has 1 amide bonds. The van der Waals surface area contributed by atoms with E-state index in [1.807, 2.05) is 11.0 Å². The molecule has 6 nitrogen and oxygen atoms in total. The van der Waals surface area contributed by atoms with Crippen molar-refractivity contribution in [2.45, 2.75) is 45.6 Å². The predicted molar refractivity (Wildman–Crippen MR) is 119 cm³/mol. The molecular formula is C23H37N5O. The highest BCUT2D eigenvalue weighted by atomic mass is 16.2. The summed E-state index contributed by atoms with van der Waals surface area (Å²) in [4.78, 5) is 21.7. The van der Waals surface area contributed by atoms with Crippen LogP contribution >= 0.6 is 0 Å². The monoisotopic (exact) mass is 399 g/mol. The lowest BCUT2D eigenvalue weighted by Crippen LogP contribution is -2.45. The van der Waals surface area contributed by atoms with Gasteiger partial charge < -0.3 is 15.5 Å². The Hall–Kier alpha value is -2.08. The lowest BCUT2D eigenvalue weighted by Gasteiger charge is -2.24. The van der Waals surface area contributed by atoms with E-state index in [2.05, 4.69) is 53.6 Å². The molecule has 0 aliphatic carbocycles. The van der Waals surface area contributed by atoms with Crippen LogP contribution in [-0.4, -0.2) is 73.5 Å². The summed E-state index contributed by atoms with van der Waals surface area (Å²) < 4.78 is 0. The lowest BCUT2D eigenvalue weighted by atomic mass is 10.1. The Labute approximate surface area is 175 Å². The Morgan fingerprint density at radius 1 is 1.21 bits per heavy atom. The fourth-order valence-electron chi connectivity index (χ4n) is 4.42. The van der Waals surface area contributed by atoms with Crippen molar-refractivity contribution in [3.8, 4) is 0 Å². The molecule has 0 bridgehead atoms. The molecule has 3 rings (SSSR count). The third-order valence-corrected chi connectivity index (χ3v) is 6.07. The average molecular weight is 400 g/mol. The molecule has 160 valence electrons. The zero-order chi connectivity index (χ0) is 20.5. The largest absolute Gasteiger partial charge is 0.357 e. The van der Waals surface area contributed by atoms with E-state index in [-0.39, 0.29) is 5.91 Å². The van der Waals surface area contributed by atoms with E-state index < -0.39 is 0 Å². The van der Waals surface area contributed by atoms with Gasteiger partial charge >= 0.3 is 0 Å². The number of aliphatic imine (C=N–C) groups is 1. The van der Waals surface area contributed by atoms with Crippen molar-refractivity contribution in [2.75, 3.05) is 45.8 Å². The summed E-state index contributed by atoms with van der Waals surface area (Å²) in [6, 6.07) is 11.0. The van der Waals surface area contributed by atoms with Gasteiger partial charge in [-0.1, -0.05) is 37.3 Å². The molecule has 0 saturated carbocycles. The van der Waals surface area contributed by atoms with Crippen LogP contribution < -0.4 is 10.6 Å². The summed E-state index contributed by atoms with van der Waals surface area (Å²) in [6.45, 7) is 10.8. The summed E-state index contributed by atoms with van der Waals surface area (Å²) in [5.74, 6) is 1.46. The maximum atomic E-state index is 12.4. The van der Waals surface area contributed by atoms with Crippen LogP contribution in [0.5, 0.6) is 0 Å². The van der Waals surface area contributed by atoms with Gasteiger partial charge in [0.25, 0.3) is 0 Å². The number of nitrogens with zero attached hydrogens (tertiary/aromatic N) is 3. The molecule has 6 heteroatoms. The first-order valence-electron chi connectivity index (χ1n) is 11.3. The summed E-state index contributed by atoms with van der Waals surface area (Å²) in [7, 11) is 0. The number of guanidine groups is 1. The Kier molecular flexibility index (Phi) is 8.35. The van der Waals surface area contributed by atoms with Crippen LogP contribution in [0, 0.1) is 5.92 Å². The van der Waals surface area contributed by atoms with Gasteiger partial charge in [0, 0.05) is 51.1 Å². The first-order chi connectivity index (χ1) is 14.2. The molecule has 2 saturated heterocycles. The van der Waals surface area contributed by atoms with E-state index in [4.69, 9.17) is 4.99 Å². The van der Waals surface area contributed by atoms with E-state index in [1.54, 1.807) is 0 Å². The summed E-state index contributed by atoms with van der Waals surface area (Å²) >= 11 is 0. The van der Waals surface area contributed by atoms with E-state index >= 15 is 0 Å². The highest BCUT2D eigenvalue weighted by Gasteiger charge is 2.29. The second kappa shape index (κ2) is 11.2. The maximum absolute atomic E-state index is 12.4. The molecule has 0 aromatic heterocycles. The predicted octanol–water partition coefficient (Wildman–Crippen LogP) is 2.12. The van der Waals surface area contributed by atoms with Crippen LogP contribution in [0.1, 0.15) is 38.7 Å². The van der Waals surface area contributed by atoms with Crippen LogP contribution in [0.4, 0.5) is 0 Å². The Morgan fingerprint density at radius 2 is 2.03 bits per heavy atom. The fourth-order valence-corrected chi connectivity index (χ4v) is 4.42. The van der Waals surface area contributed by atoms with Gasteiger partial charge in [0.1, 0.15) is 0 Å². The molecule has 2 atom stereocenters. The Bertz CT molecular complexity index is 662. The molecule has 2 fully saturated rings. The van der Waals surface area contributed by atoms with Crippen molar-refractivity contribution in [1.29, 1.82) is 0 Å². The number of carbonyl (C=O) groups is 1. The highest BCUT2D eigenvalue weighted by Crippen LogP contribution is 2.19. The lowest BCUT2D eigenvalue weighted by molar-refractivity contribution is -0.127. The molecule has 1 aromatic carbocycles. The highest BCUT2D eigenvalue weighted by molar-refractivity contribution is 5.80. The van der Waals surface area contributed by atoms with E-state index in [0.29, 0.717) is 24.9 Å². The van der Waals surface area contributed by atoms with Crippen LogP contribution in [-0.2, 0) is 11.2 Å². The van der Waals surface area contributed by atoms with Crippen LogP contribution in [0.15, 0.2) is 35.3 Å². The molecule has 2 N–H and O–H groups in total. The SMILES string of the molecule is CCNC(=NCC1CC(=O)N(CCc2ccccc2)C1)NCC1CCCN1CC. The van der Waals surface area contributed by atoms with Gasteiger partial charge in [-0.15, -0.1) is 0 Å². The number of likely N-dealkylation sites (tertiary alicyclic amines) is 2. The molecule has 1 aromatic rings. The van der Waals surface area contributed by atoms with Gasteiger partial charge in [0.05, 0.1) is 0 Å². The Balaban J connectivity index is 1.45. The molecule has 2 unspecified atom stereocenters. The number of hydrogen-bond acceptors (Lipinski definition) is 3. The molecule has 0 radical (unpaired) electrons. The minimum Gasteiger partial charge on any atom is -0.357 e. The van der Waals surface area contributed by atoms with E-state index in [1.165, 1.54) is 24.9 Å². The third kappa shape index (κ3) is 6.46. The van der Waals surface area contributed by atoms with Gasteiger partial charge in [-0.05, 0) is 44.8 Å². The van der Waals surface area contributed by atoms with Gasteiger partial charge in [-0.25, -0.2) is 0 Å². The summed E-state index contributed by atoms with van der Waals surface area (Å²) in [6.07, 6.45) is 4.08. The molecule has 0 spiro atoms. The van der Waals surface area contributed by atoms with Crippen molar-refractivity contribution in [2.24, 2.45) is 10.9 Å².